The van der Waals surface area contributed by atoms with Crippen LogP contribution in [0.3, 0.4) is 0 Å². The predicted molar refractivity (Wildman–Crippen MR) is 112 cm³/mol. The molecule has 0 bridgehead atoms. The molecule has 0 spiro atoms. The standard InChI is InChI=1S/C23H28N4O2/c1-25-23(28)16-27-10-8-21(9-11-27)26-15-19-5-3-7-22(13-19)29-17-20-6-2-4-18(12-20)14-24/h2-7,12-13,21,26H,8-11,15-17H2,1H3,(H,25,28). The second-order valence-corrected chi connectivity index (χ2v) is 7.35. The van der Waals surface area contributed by atoms with Crippen LogP contribution in [0.5, 0.6) is 5.75 Å². The maximum Gasteiger partial charge on any atom is 0.233 e. The molecule has 152 valence electrons. The topological polar surface area (TPSA) is 77.4 Å². The lowest BCUT2D eigenvalue weighted by Crippen LogP contribution is -2.45. The van der Waals surface area contributed by atoms with Gasteiger partial charge in [-0.1, -0.05) is 24.3 Å². The van der Waals surface area contributed by atoms with E-state index in [9.17, 15) is 4.79 Å². The molecule has 2 N–H and O–H groups in total. The van der Waals surface area contributed by atoms with E-state index in [1.807, 2.05) is 30.3 Å². The van der Waals surface area contributed by atoms with Gasteiger partial charge in [0.15, 0.2) is 0 Å². The molecule has 29 heavy (non-hydrogen) atoms. The minimum atomic E-state index is 0.0765. The average molecular weight is 393 g/mol. The van der Waals surface area contributed by atoms with Crippen LogP contribution in [0.1, 0.15) is 29.5 Å². The van der Waals surface area contributed by atoms with Crippen LogP contribution in [0, 0.1) is 11.3 Å². The van der Waals surface area contributed by atoms with Gasteiger partial charge < -0.3 is 15.4 Å². The van der Waals surface area contributed by atoms with E-state index >= 15 is 0 Å². The van der Waals surface area contributed by atoms with Crippen LogP contribution in [-0.4, -0.2) is 43.5 Å². The van der Waals surface area contributed by atoms with E-state index < -0.39 is 0 Å². The summed E-state index contributed by atoms with van der Waals surface area (Å²) in [5, 5.41) is 15.3. The Morgan fingerprint density at radius 3 is 2.69 bits per heavy atom. The van der Waals surface area contributed by atoms with Gasteiger partial charge >= 0.3 is 0 Å². The van der Waals surface area contributed by atoms with E-state index in [1.54, 1.807) is 13.1 Å². The zero-order valence-corrected chi connectivity index (χ0v) is 16.9. The van der Waals surface area contributed by atoms with Gasteiger partial charge in [-0.05, 0) is 48.2 Å². The van der Waals surface area contributed by atoms with Gasteiger partial charge in [0.2, 0.25) is 5.91 Å². The molecule has 0 saturated carbocycles. The molecule has 0 unspecified atom stereocenters. The van der Waals surface area contributed by atoms with E-state index in [-0.39, 0.29) is 5.91 Å². The summed E-state index contributed by atoms with van der Waals surface area (Å²) in [6, 6.07) is 18.2. The normalized spacial score (nSPS) is 14.9. The number of rotatable bonds is 8. The highest BCUT2D eigenvalue weighted by atomic mass is 16.5. The van der Waals surface area contributed by atoms with Crippen molar-refractivity contribution in [1.82, 2.24) is 15.5 Å². The van der Waals surface area contributed by atoms with Gasteiger partial charge in [0.05, 0.1) is 18.2 Å². The average Bonchev–Trinajstić information content (AvgIpc) is 2.77. The van der Waals surface area contributed by atoms with Gasteiger partial charge in [-0.15, -0.1) is 0 Å². The number of amides is 1. The van der Waals surface area contributed by atoms with Crippen molar-refractivity contribution in [3.63, 3.8) is 0 Å². The van der Waals surface area contributed by atoms with Crippen molar-refractivity contribution >= 4 is 5.91 Å². The van der Waals surface area contributed by atoms with Crippen molar-refractivity contribution < 1.29 is 9.53 Å². The Morgan fingerprint density at radius 1 is 1.17 bits per heavy atom. The number of hydrogen-bond acceptors (Lipinski definition) is 5. The van der Waals surface area contributed by atoms with Gasteiger partial charge in [0.1, 0.15) is 12.4 Å². The summed E-state index contributed by atoms with van der Waals surface area (Å²) in [6.07, 6.45) is 2.09. The molecular weight excluding hydrogens is 364 g/mol. The maximum absolute atomic E-state index is 11.5. The summed E-state index contributed by atoms with van der Waals surface area (Å²) in [7, 11) is 1.68. The van der Waals surface area contributed by atoms with Gasteiger partial charge in [0, 0.05) is 32.7 Å². The molecule has 0 aromatic heterocycles. The van der Waals surface area contributed by atoms with Crippen LogP contribution < -0.4 is 15.4 Å². The quantitative estimate of drug-likeness (QED) is 0.722. The summed E-state index contributed by atoms with van der Waals surface area (Å²) in [6.45, 7) is 3.60. The zero-order chi connectivity index (χ0) is 20.5. The largest absolute Gasteiger partial charge is 0.489 e. The predicted octanol–water partition coefficient (Wildman–Crippen LogP) is 2.44. The first-order valence-corrected chi connectivity index (χ1v) is 10.0. The molecule has 1 aliphatic heterocycles. The van der Waals surface area contributed by atoms with Crippen molar-refractivity contribution in [2.75, 3.05) is 26.7 Å². The number of carbonyl (C=O) groups is 1. The minimum Gasteiger partial charge on any atom is -0.489 e. The smallest absolute Gasteiger partial charge is 0.233 e. The number of ether oxygens (including phenoxy) is 1. The van der Waals surface area contributed by atoms with Gasteiger partial charge in [0.25, 0.3) is 0 Å². The minimum absolute atomic E-state index is 0.0765. The third kappa shape index (κ3) is 6.60. The van der Waals surface area contributed by atoms with Crippen molar-refractivity contribution in [1.29, 1.82) is 5.26 Å². The number of hydrogen-bond donors (Lipinski definition) is 2. The second-order valence-electron chi connectivity index (χ2n) is 7.35. The molecule has 3 rings (SSSR count). The molecule has 0 radical (unpaired) electrons. The highest BCUT2D eigenvalue weighted by Crippen LogP contribution is 2.17. The Balaban J connectivity index is 1.44. The Hall–Kier alpha value is -2.88. The highest BCUT2D eigenvalue weighted by Gasteiger charge is 2.20. The molecule has 0 aliphatic carbocycles. The summed E-state index contributed by atoms with van der Waals surface area (Å²) < 4.78 is 5.90. The molecule has 0 atom stereocenters. The van der Waals surface area contributed by atoms with E-state index in [0.717, 1.165) is 43.8 Å². The molecule has 1 aliphatic rings. The summed E-state index contributed by atoms with van der Waals surface area (Å²) in [5.41, 5.74) is 2.81. The molecular formula is C23H28N4O2. The molecule has 1 saturated heterocycles. The van der Waals surface area contributed by atoms with Gasteiger partial charge in [-0.25, -0.2) is 0 Å². The third-order valence-corrected chi connectivity index (χ3v) is 5.19. The lowest BCUT2D eigenvalue weighted by atomic mass is 10.0. The number of benzene rings is 2. The Bertz CT molecular complexity index is 854. The summed E-state index contributed by atoms with van der Waals surface area (Å²) in [5.74, 6) is 0.902. The Kier molecular flexibility index (Phi) is 7.62. The SMILES string of the molecule is CNC(=O)CN1CCC(NCc2cccc(OCc3cccc(C#N)c3)c2)CC1. The number of nitrogens with zero attached hydrogens (tertiary/aromatic N) is 2. The van der Waals surface area contributed by atoms with Gasteiger partial charge in [-0.3, -0.25) is 9.69 Å². The van der Waals surface area contributed by atoms with Crippen molar-refractivity contribution in [2.24, 2.45) is 0 Å². The number of nitrogens with one attached hydrogen (secondary N) is 2. The first kappa shape index (κ1) is 20.8. The zero-order valence-electron chi connectivity index (χ0n) is 16.9. The Labute approximate surface area is 172 Å². The van der Waals surface area contributed by atoms with E-state index in [2.05, 4.69) is 33.7 Å². The molecule has 1 heterocycles. The molecule has 1 amide bonds. The van der Waals surface area contributed by atoms with Crippen LogP contribution in [0.25, 0.3) is 0 Å². The fraction of sp³-hybridized carbons (Fsp3) is 0.391. The first-order chi connectivity index (χ1) is 14.2. The Morgan fingerprint density at radius 2 is 1.93 bits per heavy atom. The maximum atomic E-state index is 11.5. The second kappa shape index (κ2) is 10.6. The lowest BCUT2D eigenvalue weighted by molar-refractivity contribution is -0.122. The molecule has 6 nitrogen and oxygen atoms in total. The van der Waals surface area contributed by atoms with Crippen LogP contribution >= 0.6 is 0 Å². The summed E-state index contributed by atoms with van der Waals surface area (Å²) >= 11 is 0. The van der Waals surface area contributed by atoms with Gasteiger partial charge in [-0.2, -0.15) is 5.26 Å². The number of likely N-dealkylation sites (tertiary alicyclic amines) is 1. The van der Waals surface area contributed by atoms with E-state index in [1.165, 1.54) is 5.56 Å². The number of carbonyl (C=O) groups excluding carboxylic acids is 1. The molecule has 2 aromatic carbocycles. The highest BCUT2D eigenvalue weighted by molar-refractivity contribution is 5.77. The molecule has 6 heteroatoms. The number of piperidine rings is 1. The fourth-order valence-electron chi connectivity index (χ4n) is 3.48. The molecule has 2 aromatic rings. The monoisotopic (exact) mass is 392 g/mol. The lowest BCUT2D eigenvalue weighted by Gasteiger charge is -2.31. The molecule has 1 fully saturated rings. The van der Waals surface area contributed by atoms with E-state index in [4.69, 9.17) is 10.00 Å². The van der Waals surface area contributed by atoms with Crippen LogP contribution in [0.15, 0.2) is 48.5 Å². The number of nitriles is 1. The summed E-state index contributed by atoms with van der Waals surface area (Å²) in [4.78, 5) is 13.7. The van der Waals surface area contributed by atoms with Crippen molar-refractivity contribution in [2.45, 2.75) is 32.0 Å². The van der Waals surface area contributed by atoms with Crippen LogP contribution in [0.4, 0.5) is 0 Å². The third-order valence-electron chi connectivity index (χ3n) is 5.19. The van der Waals surface area contributed by atoms with Crippen molar-refractivity contribution in [3.05, 3.63) is 65.2 Å². The first-order valence-electron chi connectivity index (χ1n) is 10.0. The number of likely N-dealkylation sites (N-methyl/N-ethyl adjacent to an activating group) is 1. The van der Waals surface area contributed by atoms with Crippen LogP contribution in [0.2, 0.25) is 0 Å². The van der Waals surface area contributed by atoms with Crippen molar-refractivity contribution in [3.8, 4) is 11.8 Å². The van der Waals surface area contributed by atoms with Crippen LogP contribution in [-0.2, 0) is 17.9 Å². The fourth-order valence-corrected chi connectivity index (χ4v) is 3.48. The van der Waals surface area contributed by atoms with E-state index in [0.29, 0.717) is 24.8 Å².